The van der Waals surface area contributed by atoms with Gasteiger partial charge < -0.3 is 0 Å². The molecule has 0 aliphatic heterocycles. The number of hydrogen-bond acceptors (Lipinski definition) is 1. The van der Waals surface area contributed by atoms with Gasteiger partial charge in [0.1, 0.15) is 0 Å². The first kappa shape index (κ1) is 37.6. The van der Waals surface area contributed by atoms with Crippen LogP contribution in [0, 0.1) is 0 Å². The fraction of sp³-hybridized carbons (Fsp3) is 0.158. The first-order chi connectivity index (χ1) is 28.6. The van der Waals surface area contributed by atoms with E-state index in [1.54, 1.807) is 0 Å². The van der Waals surface area contributed by atoms with E-state index in [-0.39, 0.29) is 10.8 Å². The zero-order valence-corrected chi connectivity index (χ0v) is 37.0. The summed E-state index contributed by atoms with van der Waals surface area (Å²) in [7, 11) is 0. The molecule has 8 aromatic carbocycles. The number of halogens is 1. The van der Waals surface area contributed by atoms with Crippen molar-refractivity contribution < 1.29 is 0 Å². The summed E-state index contributed by atoms with van der Waals surface area (Å²) in [5.41, 5.74) is 22.9. The maximum atomic E-state index is 2.54. The van der Waals surface area contributed by atoms with Crippen LogP contribution >= 0.6 is 19.8 Å². The molecular weight excluding hydrogens is 826 g/mol. The number of benzene rings is 8. The van der Waals surface area contributed by atoms with Crippen molar-refractivity contribution in [2.75, 3.05) is 14.8 Å². The van der Waals surface area contributed by atoms with Crippen LogP contribution in [0.2, 0.25) is 0 Å². The van der Waals surface area contributed by atoms with Gasteiger partial charge in [-0.3, -0.25) is 0 Å². The van der Waals surface area contributed by atoms with Crippen LogP contribution < -0.4 is 4.90 Å². The van der Waals surface area contributed by atoms with Crippen molar-refractivity contribution in [3.05, 3.63) is 210 Å². The molecule has 2 aliphatic rings. The molecule has 290 valence electrons. The van der Waals surface area contributed by atoms with Gasteiger partial charge in [0.25, 0.3) is 0 Å². The Hall–Kier alpha value is -5.71. The normalized spacial score (nSPS) is 14.2. The van der Waals surface area contributed by atoms with E-state index in [0.717, 1.165) is 11.4 Å². The number of nitrogens with zero attached hydrogens (tertiary/aromatic N) is 1. The van der Waals surface area contributed by atoms with Gasteiger partial charge in [-0.1, -0.05) is 125 Å². The molecule has 10 rings (SSSR count). The Morgan fingerprint density at radius 1 is 0.390 bits per heavy atom. The minimum atomic E-state index is -0.843. The van der Waals surface area contributed by atoms with E-state index in [2.05, 4.69) is 224 Å². The zero-order valence-electron chi connectivity index (χ0n) is 34.9. The second-order valence-corrected chi connectivity index (χ2v) is 23.5. The fourth-order valence-corrected chi connectivity index (χ4v) is 12.1. The number of rotatable bonds is 8. The van der Waals surface area contributed by atoms with Crippen molar-refractivity contribution in [3.63, 3.8) is 0 Å². The van der Waals surface area contributed by atoms with Crippen molar-refractivity contribution >= 4 is 36.9 Å². The van der Waals surface area contributed by atoms with Gasteiger partial charge in [-0.25, -0.2) is 0 Å². The second kappa shape index (κ2) is 14.5. The summed E-state index contributed by atoms with van der Waals surface area (Å²) in [6.07, 6.45) is 0. The molecule has 0 unspecified atom stereocenters. The summed E-state index contributed by atoms with van der Waals surface area (Å²) in [5.74, 6) is 0. The first-order valence-electron chi connectivity index (χ1n) is 20.7. The third-order valence-electron chi connectivity index (χ3n) is 12.8. The average Bonchev–Trinajstić information content (AvgIpc) is 3.63. The van der Waals surface area contributed by atoms with Crippen LogP contribution in [0.5, 0.6) is 0 Å². The zero-order chi connectivity index (χ0) is 40.5. The van der Waals surface area contributed by atoms with Crippen LogP contribution in [0.4, 0.5) is 17.1 Å². The Morgan fingerprint density at radius 3 is 1.41 bits per heavy atom. The predicted octanol–water partition coefficient (Wildman–Crippen LogP) is 16.0. The van der Waals surface area contributed by atoms with Gasteiger partial charge in [0, 0.05) is 10.8 Å². The van der Waals surface area contributed by atoms with Gasteiger partial charge >= 0.3 is 145 Å². The van der Waals surface area contributed by atoms with Crippen molar-refractivity contribution in [3.8, 4) is 55.6 Å². The topological polar surface area (TPSA) is 3.24 Å². The molecule has 2 heteroatoms. The SMILES string of the molecule is CI(C)Cc1ccc(-c2ccc(N(c3ccc(-c4ccccc4)cc3)c3cc(-c4ccccc4)cc4c3C(C)(C)c3cc5c(cc3-4)C(C)(C)c3ccccc3-5)cc2)cc1. The maximum absolute atomic E-state index is 2.54. The van der Waals surface area contributed by atoms with Crippen molar-refractivity contribution in [1.82, 2.24) is 0 Å². The molecule has 0 saturated carbocycles. The molecule has 0 atom stereocenters. The molecule has 0 fully saturated rings. The van der Waals surface area contributed by atoms with E-state index in [1.807, 2.05) is 0 Å². The molecule has 59 heavy (non-hydrogen) atoms. The number of alkyl halides is 3. The molecule has 0 spiro atoms. The Labute approximate surface area is 357 Å². The first-order valence-corrected chi connectivity index (χ1v) is 26.6. The van der Waals surface area contributed by atoms with Crippen molar-refractivity contribution in [1.29, 1.82) is 0 Å². The number of fused-ring (bicyclic) bond motifs is 6. The number of hydrogen-bond donors (Lipinski definition) is 0. The standard InChI is InChI=1S/C57H50IN/c1-56(2)51-20-14-13-19-47(51)48-35-53-49(36-52(48)56)50-33-44(40-17-11-8-12-18-40)34-54(55(50)57(53,3)4)59(45-29-25-42(26-30-45)39-15-9-7-10-16-39)46-31-27-43(28-32-46)41-23-21-38(22-24-41)37-58(5)6/h7-36H,37H2,1-6H3. The second-order valence-electron chi connectivity index (χ2n) is 17.6. The van der Waals surface area contributed by atoms with Crippen LogP contribution in [0.3, 0.4) is 0 Å². The quantitative estimate of drug-likeness (QED) is 0.109. The van der Waals surface area contributed by atoms with E-state index in [1.165, 1.54) is 93.6 Å². The molecule has 0 amide bonds. The monoisotopic (exact) mass is 875 g/mol. The summed E-state index contributed by atoms with van der Waals surface area (Å²) < 4.78 is 1.25. The summed E-state index contributed by atoms with van der Waals surface area (Å²) in [4.78, 5) is 7.39. The van der Waals surface area contributed by atoms with Crippen LogP contribution in [0.15, 0.2) is 182 Å². The molecule has 1 nitrogen and oxygen atoms in total. The van der Waals surface area contributed by atoms with Gasteiger partial charge in [-0.15, -0.1) is 0 Å². The average molecular weight is 876 g/mol. The summed E-state index contributed by atoms with van der Waals surface area (Å²) in [5, 5.41) is 0. The fourth-order valence-electron chi connectivity index (χ4n) is 9.85. The third kappa shape index (κ3) is 6.44. The van der Waals surface area contributed by atoms with Crippen LogP contribution in [0.1, 0.15) is 55.5 Å². The van der Waals surface area contributed by atoms with E-state index in [4.69, 9.17) is 0 Å². The van der Waals surface area contributed by atoms with E-state index in [0.29, 0.717) is 0 Å². The molecular formula is C57H50IN. The van der Waals surface area contributed by atoms with Gasteiger partial charge in [0.2, 0.25) is 0 Å². The minimum absolute atomic E-state index is 0.0846. The summed E-state index contributed by atoms with van der Waals surface area (Å²) in [6.45, 7) is 9.66. The van der Waals surface area contributed by atoms with Crippen LogP contribution in [0.25, 0.3) is 55.6 Å². The number of anilines is 3. The third-order valence-corrected chi connectivity index (χ3v) is 15.2. The Balaban J connectivity index is 1.18. The van der Waals surface area contributed by atoms with Gasteiger partial charge in [-0.2, -0.15) is 0 Å². The molecule has 0 bridgehead atoms. The Bertz CT molecular complexity index is 2830. The van der Waals surface area contributed by atoms with Crippen LogP contribution in [-0.2, 0) is 15.3 Å². The molecule has 0 radical (unpaired) electrons. The van der Waals surface area contributed by atoms with Crippen molar-refractivity contribution in [2.24, 2.45) is 0 Å². The molecule has 8 aromatic rings. The molecule has 0 saturated heterocycles. The summed E-state index contributed by atoms with van der Waals surface area (Å²) >= 11 is -0.843. The molecule has 2 aliphatic carbocycles. The van der Waals surface area contributed by atoms with Gasteiger partial charge in [-0.05, 0) is 79.4 Å². The predicted molar refractivity (Wildman–Crippen MR) is 262 cm³/mol. The van der Waals surface area contributed by atoms with Gasteiger partial charge in [0.15, 0.2) is 0 Å². The van der Waals surface area contributed by atoms with Gasteiger partial charge in [0.05, 0.1) is 0 Å². The van der Waals surface area contributed by atoms with E-state index in [9.17, 15) is 0 Å². The molecule has 0 aromatic heterocycles. The van der Waals surface area contributed by atoms with Crippen LogP contribution in [-0.4, -0.2) is 9.86 Å². The molecule has 0 heterocycles. The van der Waals surface area contributed by atoms with E-state index < -0.39 is 19.8 Å². The molecule has 0 N–H and O–H groups in total. The summed E-state index contributed by atoms with van der Waals surface area (Å²) in [6, 6.07) is 68.3. The van der Waals surface area contributed by atoms with Crippen molar-refractivity contribution in [2.45, 2.75) is 43.0 Å². The Morgan fingerprint density at radius 2 is 0.847 bits per heavy atom. The Kier molecular flexibility index (Phi) is 9.25. The van der Waals surface area contributed by atoms with E-state index >= 15 is 0 Å².